The van der Waals surface area contributed by atoms with Crippen LogP contribution in [-0.2, 0) is 9.59 Å². The van der Waals surface area contributed by atoms with Crippen LogP contribution < -0.4 is 24.8 Å². The number of aromatic hydroxyl groups is 1. The lowest BCUT2D eigenvalue weighted by Crippen LogP contribution is -2.37. The fourth-order valence-electron chi connectivity index (χ4n) is 5.81. The van der Waals surface area contributed by atoms with E-state index in [1.165, 1.54) is 7.11 Å². The molecule has 0 fully saturated rings. The molecule has 3 aromatic carbocycles. The summed E-state index contributed by atoms with van der Waals surface area (Å²) >= 11 is 0. The van der Waals surface area contributed by atoms with Gasteiger partial charge >= 0.3 is 0 Å². The molecule has 0 saturated heterocycles. The first kappa shape index (κ1) is 27.8. The number of anilines is 1. The smallest absolute Gasteiger partial charge is 0.254 e. The van der Waals surface area contributed by atoms with Crippen LogP contribution in [0.1, 0.15) is 48.3 Å². The zero-order valence-corrected chi connectivity index (χ0v) is 23.8. The SMILES string of the molecule is COc1ccc(C2C(C(=O)Nc3ccccc3C)=C(C)NC3=C2C(=O)CC(c2ccc(OC)c(OC)c2)C3)cc1O. The average molecular weight is 555 g/mol. The van der Waals surface area contributed by atoms with E-state index in [2.05, 4.69) is 10.6 Å². The Morgan fingerprint density at radius 2 is 1.56 bits per heavy atom. The van der Waals surface area contributed by atoms with Gasteiger partial charge in [0.25, 0.3) is 5.91 Å². The van der Waals surface area contributed by atoms with Gasteiger partial charge in [-0.15, -0.1) is 0 Å². The predicted molar refractivity (Wildman–Crippen MR) is 157 cm³/mol. The number of amides is 1. The van der Waals surface area contributed by atoms with Gasteiger partial charge < -0.3 is 30.0 Å². The molecule has 2 atom stereocenters. The highest BCUT2D eigenvalue weighted by molar-refractivity contribution is 6.10. The largest absolute Gasteiger partial charge is 0.504 e. The maximum Gasteiger partial charge on any atom is 0.254 e. The summed E-state index contributed by atoms with van der Waals surface area (Å²) in [7, 11) is 4.65. The van der Waals surface area contributed by atoms with Crippen LogP contribution in [0.25, 0.3) is 0 Å². The Morgan fingerprint density at radius 3 is 2.24 bits per heavy atom. The van der Waals surface area contributed by atoms with Gasteiger partial charge in [0, 0.05) is 40.6 Å². The van der Waals surface area contributed by atoms with E-state index in [9.17, 15) is 14.7 Å². The van der Waals surface area contributed by atoms with Gasteiger partial charge in [-0.2, -0.15) is 0 Å². The minimum absolute atomic E-state index is 0.0616. The van der Waals surface area contributed by atoms with Crippen molar-refractivity contribution in [2.24, 2.45) is 0 Å². The molecule has 3 N–H and O–H groups in total. The molecule has 0 radical (unpaired) electrons. The topological polar surface area (TPSA) is 106 Å². The van der Waals surface area contributed by atoms with Crippen molar-refractivity contribution in [3.05, 3.63) is 99.9 Å². The zero-order valence-electron chi connectivity index (χ0n) is 23.8. The van der Waals surface area contributed by atoms with E-state index in [0.717, 1.165) is 16.8 Å². The zero-order chi connectivity index (χ0) is 29.3. The minimum atomic E-state index is -0.675. The molecule has 1 amide bonds. The van der Waals surface area contributed by atoms with Crippen LogP contribution >= 0.6 is 0 Å². The van der Waals surface area contributed by atoms with Gasteiger partial charge in [0.2, 0.25) is 0 Å². The lowest BCUT2D eigenvalue weighted by atomic mass is 9.71. The number of benzene rings is 3. The van der Waals surface area contributed by atoms with E-state index >= 15 is 0 Å². The summed E-state index contributed by atoms with van der Waals surface area (Å²) in [6, 6.07) is 18.3. The summed E-state index contributed by atoms with van der Waals surface area (Å²) < 4.78 is 16.1. The maximum absolute atomic E-state index is 14.0. The van der Waals surface area contributed by atoms with Crippen LogP contribution in [-0.4, -0.2) is 38.1 Å². The van der Waals surface area contributed by atoms with Gasteiger partial charge in [-0.3, -0.25) is 9.59 Å². The van der Waals surface area contributed by atoms with Crippen molar-refractivity contribution in [1.29, 1.82) is 0 Å². The molecule has 0 bridgehead atoms. The fraction of sp³-hybridized carbons (Fsp3) is 0.273. The van der Waals surface area contributed by atoms with Crippen molar-refractivity contribution in [2.45, 2.75) is 38.5 Å². The van der Waals surface area contributed by atoms with Crippen molar-refractivity contribution < 1.29 is 28.9 Å². The third kappa shape index (κ3) is 5.25. The number of carbonyl (C=O) groups excluding carboxylic acids is 2. The highest BCUT2D eigenvalue weighted by Gasteiger charge is 2.41. The first-order valence-corrected chi connectivity index (χ1v) is 13.5. The summed E-state index contributed by atoms with van der Waals surface area (Å²) in [6.45, 7) is 3.77. The number of carbonyl (C=O) groups is 2. The summed E-state index contributed by atoms with van der Waals surface area (Å²) in [4.78, 5) is 27.8. The van der Waals surface area contributed by atoms with Crippen molar-refractivity contribution in [3.8, 4) is 23.0 Å². The first-order valence-electron chi connectivity index (χ1n) is 13.5. The Kier molecular flexibility index (Phi) is 7.75. The monoisotopic (exact) mass is 554 g/mol. The van der Waals surface area contributed by atoms with Gasteiger partial charge in [-0.25, -0.2) is 0 Å². The molecule has 0 aromatic heterocycles. The number of phenols is 1. The number of methoxy groups -OCH3 is 3. The standard InChI is InChI=1S/C33H34N2O6/c1-18-8-6-7-9-23(18)35-33(38)30-19(2)34-24-14-22(20-10-13-28(40-4)29(17-20)41-5)16-26(37)32(24)31(30)21-11-12-27(39-3)25(36)15-21/h6-13,15,17,22,31,34,36H,14,16H2,1-5H3,(H,35,38). The quantitative estimate of drug-likeness (QED) is 0.343. The number of ketones is 1. The lowest BCUT2D eigenvalue weighted by Gasteiger charge is -2.37. The number of nitrogens with one attached hydrogen (secondary N) is 2. The number of rotatable bonds is 7. The Labute approximate surface area is 239 Å². The molecule has 8 heteroatoms. The maximum atomic E-state index is 14.0. The van der Waals surface area contributed by atoms with Gasteiger partial charge in [-0.1, -0.05) is 30.3 Å². The molecule has 2 unspecified atom stereocenters. The Bertz CT molecular complexity index is 1590. The normalized spacial score (nSPS) is 18.4. The number of phenolic OH excluding ortho intramolecular Hbond substituents is 1. The number of hydrogen-bond acceptors (Lipinski definition) is 7. The summed E-state index contributed by atoms with van der Waals surface area (Å²) in [6.07, 6.45) is 0.833. The number of dihydropyridines is 1. The Morgan fingerprint density at radius 1 is 0.878 bits per heavy atom. The van der Waals surface area contributed by atoms with E-state index in [4.69, 9.17) is 14.2 Å². The molecule has 212 valence electrons. The fourth-order valence-corrected chi connectivity index (χ4v) is 5.81. The first-order chi connectivity index (χ1) is 19.7. The van der Waals surface area contributed by atoms with Crippen LogP contribution in [0.2, 0.25) is 0 Å². The van der Waals surface area contributed by atoms with E-state index < -0.39 is 5.92 Å². The predicted octanol–water partition coefficient (Wildman–Crippen LogP) is 5.73. The molecule has 8 nitrogen and oxygen atoms in total. The number of allylic oxidation sites excluding steroid dienone is 3. The highest BCUT2D eigenvalue weighted by Crippen LogP contribution is 2.47. The molecular formula is C33H34N2O6. The van der Waals surface area contributed by atoms with Crippen LogP contribution in [0.5, 0.6) is 23.0 Å². The second-order valence-corrected chi connectivity index (χ2v) is 10.3. The van der Waals surface area contributed by atoms with Crippen molar-refractivity contribution >= 4 is 17.4 Å². The molecule has 5 rings (SSSR count). The number of ether oxygens (including phenoxy) is 3. The Hall–Kier alpha value is -4.72. The molecule has 0 saturated carbocycles. The lowest BCUT2D eigenvalue weighted by molar-refractivity contribution is -0.116. The van der Waals surface area contributed by atoms with Crippen molar-refractivity contribution in [3.63, 3.8) is 0 Å². The number of aryl methyl sites for hydroxylation is 1. The number of hydrogen-bond donors (Lipinski definition) is 3. The number of para-hydroxylation sites is 1. The molecule has 41 heavy (non-hydrogen) atoms. The molecule has 2 aliphatic rings. The van der Waals surface area contributed by atoms with Crippen molar-refractivity contribution in [2.75, 3.05) is 26.6 Å². The van der Waals surface area contributed by atoms with Crippen LogP contribution in [0.4, 0.5) is 5.69 Å². The van der Waals surface area contributed by atoms with Crippen LogP contribution in [0.15, 0.2) is 83.2 Å². The van der Waals surface area contributed by atoms with Gasteiger partial charge in [0.05, 0.1) is 21.3 Å². The second-order valence-electron chi connectivity index (χ2n) is 10.3. The van der Waals surface area contributed by atoms with Gasteiger partial charge in [0.1, 0.15) is 0 Å². The second kappa shape index (κ2) is 11.4. The van der Waals surface area contributed by atoms with Gasteiger partial charge in [-0.05, 0) is 73.2 Å². The third-order valence-corrected chi connectivity index (χ3v) is 7.88. The minimum Gasteiger partial charge on any atom is -0.504 e. The third-order valence-electron chi connectivity index (χ3n) is 7.88. The molecular weight excluding hydrogens is 520 g/mol. The van der Waals surface area contributed by atoms with E-state index in [1.54, 1.807) is 32.4 Å². The molecule has 3 aromatic rings. The number of Topliss-reactive ketones (excluding diaryl/α,β-unsaturated/α-hetero) is 1. The molecule has 1 aliphatic carbocycles. The van der Waals surface area contributed by atoms with Crippen LogP contribution in [0.3, 0.4) is 0 Å². The average Bonchev–Trinajstić information content (AvgIpc) is 2.96. The summed E-state index contributed by atoms with van der Waals surface area (Å²) in [5.74, 6) is 0.335. The van der Waals surface area contributed by atoms with E-state index in [1.807, 2.05) is 56.3 Å². The Balaban J connectivity index is 1.57. The summed E-state index contributed by atoms with van der Waals surface area (Å²) in [5.41, 5.74) is 5.59. The van der Waals surface area contributed by atoms with Gasteiger partial charge in [0.15, 0.2) is 28.8 Å². The van der Waals surface area contributed by atoms with E-state index in [-0.39, 0.29) is 29.8 Å². The molecule has 1 aliphatic heterocycles. The molecule has 1 heterocycles. The van der Waals surface area contributed by atoms with Crippen LogP contribution in [0, 0.1) is 6.92 Å². The summed E-state index contributed by atoms with van der Waals surface area (Å²) in [5, 5.41) is 17.1. The van der Waals surface area contributed by atoms with Crippen molar-refractivity contribution in [1.82, 2.24) is 5.32 Å². The highest BCUT2D eigenvalue weighted by atomic mass is 16.5. The van der Waals surface area contributed by atoms with E-state index in [0.29, 0.717) is 51.8 Å². The molecule has 0 spiro atoms.